The van der Waals surface area contributed by atoms with Crippen molar-refractivity contribution in [2.45, 2.75) is 6.92 Å². The van der Waals surface area contributed by atoms with Crippen molar-refractivity contribution in [1.29, 1.82) is 0 Å². The predicted octanol–water partition coefficient (Wildman–Crippen LogP) is 4.90. The average Bonchev–Trinajstić information content (AvgIpc) is 2.39. The lowest BCUT2D eigenvalue weighted by molar-refractivity contribution is 0.102. The van der Waals surface area contributed by atoms with Gasteiger partial charge in [-0.3, -0.25) is 4.79 Å². The molecule has 0 saturated carbocycles. The van der Waals surface area contributed by atoms with Crippen LogP contribution in [-0.4, -0.2) is 5.91 Å². The van der Waals surface area contributed by atoms with E-state index in [-0.39, 0.29) is 21.6 Å². The lowest BCUT2D eigenvalue weighted by Gasteiger charge is -2.09. The first kappa shape index (κ1) is 15.2. The molecule has 3 N–H and O–H groups in total. The molecule has 0 saturated heterocycles. The number of aryl methyl sites for hydroxylation is 1. The van der Waals surface area contributed by atoms with Crippen LogP contribution in [0.25, 0.3) is 0 Å². The number of amides is 1. The van der Waals surface area contributed by atoms with Crippen molar-refractivity contribution in [3.8, 4) is 0 Å². The van der Waals surface area contributed by atoms with Gasteiger partial charge in [0.25, 0.3) is 5.91 Å². The maximum Gasteiger partial charge on any atom is 0.255 e. The van der Waals surface area contributed by atoms with Gasteiger partial charge in [-0.2, -0.15) is 0 Å². The van der Waals surface area contributed by atoms with Crippen molar-refractivity contribution in [1.82, 2.24) is 0 Å². The molecule has 6 heteroatoms. The minimum atomic E-state index is -0.300. The van der Waals surface area contributed by atoms with Crippen LogP contribution in [0.3, 0.4) is 0 Å². The molecular weight excluding hydrogens is 363 g/mol. The number of nitrogens with one attached hydrogen (secondary N) is 1. The standard InChI is InChI=1S/C14H11BrCl2N2O/c1-7-2-3-9(6-10(7)15)19-14(20)8-4-11(16)13(17)12(18)5-8/h2-6H,18H2,1H3,(H,19,20). The van der Waals surface area contributed by atoms with Crippen LogP contribution in [0, 0.1) is 6.92 Å². The van der Waals surface area contributed by atoms with Crippen LogP contribution >= 0.6 is 39.1 Å². The minimum absolute atomic E-state index is 0.251. The van der Waals surface area contributed by atoms with Crippen LogP contribution < -0.4 is 11.1 Å². The fourth-order valence-corrected chi connectivity index (χ4v) is 2.33. The number of carbonyl (C=O) groups excluding carboxylic acids is 1. The van der Waals surface area contributed by atoms with Crippen molar-refractivity contribution >= 4 is 56.4 Å². The molecule has 104 valence electrons. The Morgan fingerprint density at radius 3 is 2.55 bits per heavy atom. The number of hydrogen-bond acceptors (Lipinski definition) is 2. The van der Waals surface area contributed by atoms with Gasteiger partial charge in [-0.15, -0.1) is 0 Å². The Morgan fingerprint density at radius 2 is 1.95 bits per heavy atom. The summed E-state index contributed by atoms with van der Waals surface area (Å²) in [5.41, 5.74) is 8.08. The Hall–Kier alpha value is -1.23. The molecule has 0 aliphatic rings. The zero-order chi connectivity index (χ0) is 14.9. The van der Waals surface area contributed by atoms with Crippen molar-refractivity contribution in [3.63, 3.8) is 0 Å². The van der Waals surface area contributed by atoms with Crippen molar-refractivity contribution < 1.29 is 4.79 Å². The molecule has 2 aromatic carbocycles. The first-order valence-corrected chi connectivity index (χ1v) is 7.25. The monoisotopic (exact) mass is 372 g/mol. The average molecular weight is 374 g/mol. The third kappa shape index (κ3) is 3.26. The number of benzene rings is 2. The van der Waals surface area contributed by atoms with Gasteiger partial charge in [0.15, 0.2) is 0 Å². The van der Waals surface area contributed by atoms with Gasteiger partial charge in [0.1, 0.15) is 0 Å². The molecule has 0 atom stereocenters. The molecule has 0 heterocycles. The summed E-state index contributed by atoms with van der Waals surface area (Å²) in [6, 6.07) is 8.53. The number of halogens is 3. The molecule has 1 amide bonds. The van der Waals surface area contributed by atoms with Gasteiger partial charge in [0.05, 0.1) is 15.7 Å². The van der Waals surface area contributed by atoms with Gasteiger partial charge < -0.3 is 11.1 Å². The number of rotatable bonds is 2. The van der Waals surface area contributed by atoms with E-state index in [1.165, 1.54) is 12.1 Å². The van der Waals surface area contributed by atoms with Crippen molar-refractivity contribution in [3.05, 3.63) is 56.0 Å². The van der Waals surface area contributed by atoms with Crippen LogP contribution in [0.1, 0.15) is 15.9 Å². The SMILES string of the molecule is Cc1ccc(NC(=O)c2cc(N)c(Cl)c(Cl)c2)cc1Br. The lowest BCUT2D eigenvalue weighted by Crippen LogP contribution is -2.12. The molecule has 0 aromatic heterocycles. The summed E-state index contributed by atoms with van der Waals surface area (Å²) in [6.07, 6.45) is 0. The molecule has 0 bridgehead atoms. The first-order valence-electron chi connectivity index (χ1n) is 5.70. The number of nitrogens with two attached hydrogens (primary N) is 1. The highest BCUT2D eigenvalue weighted by atomic mass is 79.9. The summed E-state index contributed by atoms with van der Waals surface area (Å²) < 4.78 is 0.920. The van der Waals surface area contributed by atoms with Crippen LogP contribution in [0.5, 0.6) is 0 Å². The second-order valence-electron chi connectivity index (χ2n) is 4.28. The van der Waals surface area contributed by atoms with E-state index >= 15 is 0 Å². The molecule has 3 nitrogen and oxygen atoms in total. The Morgan fingerprint density at radius 1 is 1.25 bits per heavy atom. The molecule has 0 radical (unpaired) electrons. The molecular formula is C14H11BrCl2N2O. The highest BCUT2D eigenvalue weighted by Crippen LogP contribution is 2.30. The molecule has 0 unspecified atom stereocenters. The Balaban J connectivity index is 2.26. The van der Waals surface area contributed by atoms with E-state index in [9.17, 15) is 4.79 Å². The van der Waals surface area contributed by atoms with E-state index in [1.807, 2.05) is 25.1 Å². The maximum absolute atomic E-state index is 12.1. The summed E-state index contributed by atoms with van der Waals surface area (Å²) in [7, 11) is 0. The lowest BCUT2D eigenvalue weighted by atomic mass is 10.1. The predicted molar refractivity (Wildman–Crippen MR) is 87.7 cm³/mol. The molecule has 2 aromatic rings. The van der Waals surface area contributed by atoms with Crippen molar-refractivity contribution in [2.24, 2.45) is 0 Å². The van der Waals surface area contributed by atoms with Gasteiger partial charge >= 0.3 is 0 Å². The van der Waals surface area contributed by atoms with Crippen molar-refractivity contribution in [2.75, 3.05) is 11.1 Å². The van der Waals surface area contributed by atoms with E-state index in [0.717, 1.165) is 10.0 Å². The minimum Gasteiger partial charge on any atom is -0.397 e. The number of hydrogen-bond donors (Lipinski definition) is 2. The van der Waals surface area contributed by atoms with Gasteiger partial charge in [-0.25, -0.2) is 0 Å². The summed E-state index contributed by atoms with van der Waals surface area (Å²) in [5, 5.41) is 3.28. The summed E-state index contributed by atoms with van der Waals surface area (Å²) in [6.45, 7) is 1.97. The van der Waals surface area contributed by atoms with Gasteiger partial charge in [0, 0.05) is 15.7 Å². The molecule has 2 rings (SSSR count). The number of carbonyl (C=O) groups is 1. The third-order valence-corrected chi connectivity index (χ3v) is 4.42. The highest BCUT2D eigenvalue weighted by Gasteiger charge is 2.12. The smallest absolute Gasteiger partial charge is 0.255 e. The van der Waals surface area contributed by atoms with Gasteiger partial charge in [0.2, 0.25) is 0 Å². The third-order valence-electron chi connectivity index (χ3n) is 2.75. The van der Waals surface area contributed by atoms with Crippen LogP contribution in [-0.2, 0) is 0 Å². The largest absolute Gasteiger partial charge is 0.397 e. The van der Waals surface area contributed by atoms with Gasteiger partial charge in [-0.05, 0) is 36.8 Å². The van der Waals surface area contributed by atoms with E-state index in [2.05, 4.69) is 21.2 Å². The molecule has 0 fully saturated rings. The van der Waals surface area contributed by atoms with Crippen LogP contribution in [0.2, 0.25) is 10.0 Å². The zero-order valence-electron chi connectivity index (χ0n) is 10.5. The van der Waals surface area contributed by atoms with E-state index in [0.29, 0.717) is 11.3 Å². The Bertz CT molecular complexity index is 666. The number of anilines is 2. The maximum atomic E-state index is 12.1. The highest BCUT2D eigenvalue weighted by molar-refractivity contribution is 9.10. The summed E-state index contributed by atoms with van der Waals surface area (Å²) >= 11 is 15.2. The second-order valence-corrected chi connectivity index (χ2v) is 5.92. The molecule has 0 aliphatic carbocycles. The summed E-state index contributed by atoms with van der Waals surface area (Å²) in [5.74, 6) is -0.300. The molecule has 0 aliphatic heterocycles. The summed E-state index contributed by atoms with van der Waals surface area (Å²) in [4.78, 5) is 12.1. The Kier molecular flexibility index (Phi) is 4.58. The second kappa shape index (κ2) is 6.04. The fraction of sp³-hybridized carbons (Fsp3) is 0.0714. The Labute approximate surface area is 135 Å². The van der Waals surface area contributed by atoms with Gasteiger partial charge in [-0.1, -0.05) is 45.2 Å². The fourth-order valence-electron chi connectivity index (χ4n) is 1.62. The zero-order valence-corrected chi connectivity index (χ0v) is 13.6. The molecule has 0 spiro atoms. The van der Waals surface area contributed by atoms with Crippen LogP contribution in [0.4, 0.5) is 11.4 Å². The van der Waals surface area contributed by atoms with E-state index < -0.39 is 0 Å². The topological polar surface area (TPSA) is 55.1 Å². The molecule has 20 heavy (non-hydrogen) atoms. The normalized spacial score (nSPS) is 10.4. The van der Waals surface area contributed by atoms with Crippen LogP contribution in [0.15, 0.2) is 34.8 Å². The van der Waals surface area contributed by atoms with E-state index in [1.54, 1.807) is 0 Å². The number of nitrogen functional groups attached to an aromatic ring is 1. The first-order chi connectivity index (χ1) is 9.38. The van der Waals surface area contributed by atoms with E-state index in [4.69, 9.17) is 28.9 Å². The quantitative estimate of drug-likeness (QED) is 0.735.